The zero-order valence-electron chi connectivity index (χ0n) is 19.8. The Morgan fingerprint density at radius 1 is 1.18 bits per heavy atom. The first kappa shape index (κ1) is 22.4. The number of aryl methyl sites for hydroxylation is 1. The summed E-state index contributed by atoms with van der Waals surface area (Å²) >= 11 is 0. The number of fused-ring (bicyclic) bond motifs is 1. The molecule has 1 aliphatic heterocycles. The van der Waals surface area contributed by atoms with Crippen LogP contribution in [-0.2, 0) is 16.3 Å². The summed E-state index contributed by atoms with van der Waals surface area (Å²) in [5, 5.41) is 1.22. The molecule has 1 saturated carbocycles. The Morgan fingerprint density at radius 3 is 2.61 bits per heavy atom. The lowest BCUT2D eigenvalue weighted by atomic mass is 9.99. The van der Waals surface area contributed by atoms with Crippen LogP contribution in [0.4, 0.5) is 0 Å². The Bertz CT molecular complexity index is 1250. The number of hydrogen-bond donors (Lipinski definition) is 2. The van der Waals surface area contributed by atoms with Crippen LogP contribution >= 0.6 is 0 Å². The average Bonchev–Trinajstić information content (AvgIpc) is 3.46. The molecule has 0 spiro atoms. The third-order valence-electron chi connectivity index (χ3n) is 7.20. The number of rotatable bonds is 7. The minimum atomic E-state index is -2.71. The van der Waals surface area contributed by atoms with Crippen LogP contribution in [0.15, 0.2) is 47.5 Å². The van der Waals surface area contributed by atoms with Gasteiger partial charge in [-0.3, -0.25) is 9.80 Å². The van der Waals surface area contributed by atoms with Crippen molar-refractivity contribution < 1.29 is 8.95 Å². The summed E-state index contributed by atoms with van der Waals surface area (Å²) in [4.78, 5) is 9.15. The van der Waals surface area contributed by atoms with E-state index >= 15 is 0 Å². The molecule has 2 aliphatic rings. The van der Waals surface area contributed by atoms with E-state index in [1.807, 2.05) is 18.3 Å². The van der Waals surface area contributed by atoms with E-state index in [2.05, 4.69) is 46.0 Å². The first-order valence-electron chi connectivity index (χ1n) is 11.8. The molecule has 2 N–H and O–H groups in total. The number of aromatic amines is 1. The normalized spacial score (nSPS) is 21.8. The molecule has 6 nitrogen and oxygen atoms in total. The summed E-state index contributed by atoms with van der Waals surface area (Å²) in [6.07, 6.45) is 6.21. The van der Waals surface area contributed by atoms with Crippen molar-refractivity contribution >= 4 is 20.6 Å². The number of nitrogens with zero attached hydrogens (tertiary/aromatic N) is 2. The van der Waals surface area contributed by atoms with Gasteiger partial charge in [-0.25, -0.2) is 8.99 Å². The maximum atomic E-state index is 12.2. The molecule has 176 valence electrons. The second kappa shape index (κ2) is 8.78. The lowest BCUT2D eigenvalue weighted by molar-refractivity contribution is 0.0650. The van der Waals surface area contributed by atoms with Gasteiger partial charge in [0, 0.05) is 72.6 Å². The van der Waals surface area contributed by atoms with Crippen molar-refractivity contribution in [3.63, 3.8) is 0 Å². The Balaban J connectivity index is 1.48. The summed E-state index contributed by atoms with van der Waals surface area (Å²) in [6.45, 7) is 7.17. The second-order valence-corrected chi connectivity index (χ2v) is 11.9. The second-order valence-electron chi connectivity index (χ2n) is 9.74. The van der Waals surface area contributed by atoms with E-state index in [0.717, 1.165) is 37.8 Å². The first-order valence-corrected chi connectivity index (χ1v) is 13.7. The van der Waals surface area contributed by atoms with Crippen LogP contribution in [0.5, 0.6) is 5.75 Å². The molecule has 2 fully saturated rings. The number of piperazine rings is 1. The molecule has 1 aliphatic carbocycles. The first-order chi connectivity index (χ1) is 15.8. The highest BCUT2D eigenvalue weighted by atomic mass is 32.2. The largest absolute Gasteiger partial charge is 0.496 e. The fourth-order valence-electron chi connectivity index (χ4n) is 5.15. The number of benzene rings is 2. The standard InChI is InChI=1S/C26H34N4O2S/c1-18-14-25(32-2)23(22-10-11-28-26(18)22)16-30-13-12-29(15-19-4-5-19)17-24(30)20-6-8-21(9-7-20)33(3,27)31/h6-11,14,19,24,27-28H,4-5,12-13,15-17H2,1-3H3/t24-,33?/m0/s1. The molecule has 1 aromatic heterocycles. The minimum absolute atomic E-state index is 0.241. The van der Waals surface area contributed by atoms with Crippen LogP contribution in [-0.4, -0.2) is 58.5 Å². The fourth-order valence-corrected chi connectivity index (χ4v) is 5.80. The Morgan fingerprint density at radius 2 is 1.94 bits per heavy atom. The van der Waals surface area contributed by atoms with Crippen LogP contribution in [0.25, 0.3) is 10.9 Å². The van der Waals surface area contributed by atoms with E-state index in [9.17, 15) is 4.21 Å². The summed E-state index contributed by atoms with van der Waals surface area (Å²) in [5.74, 6) is 1.80. The lowest BCUT2D eigenvalue weighted by Gasteiger charge is -2.42. The topological polar surface area (TPSA) is 72.4 Å². The quantitative estimate of drug-likeness (QED) is 0.525. The molecule has 3 aromatic rings. The van der Waals surface area contributed by atoms with Crippen LogP contribution in [0.1, 0.15) is 35.6 Å². The van der Waals surface area contributed by atoms with Gasteiger partial charge in [0.2, 0.25) is 0 Å². The van der Waals surface area contributed by atoms with E-state index in [-0.39, 0.29) is 6.04 Å². The number of H-pyrrole nitrogens is 1. The predicted molar refractivity (Wildman–Crippen MR) is 133 cm³/mol. The van der Waals surface area contributed by atoms with Gasteiger partial charge < -0.3 is 9.72 Å². The van der Waals surface area contributed by atoms with Crippen molar-refractivity contribution in [2.24, 2.45) is 5.92 Å². The molecule has 0 amide bonds. The van der Waals surface area contributed by atoms with Crippen molar-refractivity contribution in [1.29, 1.82) is 4.78 Å². The van der Waals surface area contributed by atoms with Gasteiger partial charge in [-0.1, -0.05) is 12.1 Å². The van der Waals surface area contributed by atoms with Gasteiger partial charge in [0.1, 0.15) is 5.75 Å². The molecule has 7 heteroatoms. The molecule has 33 heavy (non-hydrogen) atoms. The van der Waals surface area contributed by atoms with Crippen molar-refractivity contribution in [3.8, 4) is 5.75 Å². The molecule has 0 radical (unpaired) electrons. The van der Waals surface area contributed by atoms with Gasteiger partial charge in [0.15, 0.2) is 0 Å². The minimum Gasteiger partial charge on any atom is -0.496 e. The van der Waals surface area contributed by atoms with Crippen LogP contribution < -0.4 is 4.74 Å². The highest BCUT2D eigenvalue weighted by Gasteiger charge is 2.32. The van der Waals surface area contributed by atoms with Crippen molar-refractivity contribution in [2.75, 3.05) is 39.5 Å². The van der Waals surface area contributed by atoms with E-state index in [1.54, 1.807) is 7.11 Å². The van der Waals surface area contributed by atoms with Crippen molar-refractivity contribution in [1.82, 2.24) is 14.8 Å². The molecule has 2 aromatic carbocycles. The maximum absolute atomic E-state index is 12.2. The van der Waals surface area contributed by atoms with Crippen LogP contribution in [0.2, 0.25) is 0 Å². The third-order valence-corrected chi connectivity index (χ3v) is 8.37. The van der Waals surface area contributed by atoms with Gasteiger partial charge in [0.25, 0.3) is 0 Å². The summed E-state index contributed by atoms with van der Waals surface area (Å²) < 4.78 is 25.9. The smallest absolute Gasteiger partial charge is 0.124 e. The van der Waals surface area contributed by atoms with Crippen molar-refractivity contribution in [3.05, 3.63) is 59.3 Å². The SMILES string of the molecule is COc1cc(C)c2[nH]ccc2c1CN1CCN(CC2CC2)C[C@H]1c1ccc(S(C)(=N)=O)cc1. The third kappa shape index (κ3) is 4.67. The Kier molecular flexibility index (Phi) is 5.97. The van der Waals surface area contributed by atoms with Crippen LogP contribution in [0, 0.1) is 17.6 Å². The highest BCUT2D eigenvalue weighted by molar-refractivity contribution is 7.91. The summed E-state index contributed by atoms with van der Waals surface area (Å²) in [5.41, 5.74) is 4.81. The van der Waals surface area contributed by atoms with Gasteiger partial charge in [0.05, 0.1) is 16.8 Å². The summed E-state index contributed by atoms with van der Waals surface area (Å²) in [6, 6.07) is 12.4. The number of hydrogen-bond acceptors (Lipinski definition) is 5. The predicted octanol–water partition coefficient (Wildman–Crippen LogP) is 4.79. The Hall–Kier alpha value is -2.35. The van der Waals surface area contributed by atoms with E-state index < -0.39 is 9.73 Å². The van der Waals surface area contributed by atoms with Crippen LogP contribution in [0.3, 0.4) is 0 Å². The highest BCUT2D eigenvalue weighted by Crippen LogP contribution is 2.36. The van der Waals surface area contributed by atoms with E-state index in [0.29, 0.717) is 4.90 Å². The average molecular weight is 467 g/mol. The van der Waals surface area contributed by atoms with E-state index in [1.165, 1.54) is 53.2 Å². The van der Waals surface area contributed by atoms with Gasteiger partial charge in [-0.2, -0.15) is 0 Å². The Labute approximate surface area is 196 Å². The van der Waals surface area contributed by atoms with Gasteiger partial charge >= 0.3 is 0 Å². The molecule has 1 unspecified atom stereocenters. The molecule has 5 rings (SSSR count). The zero-order valence-corrected chi connectivity index (χ0v) is 20.6. The number of methoxy groups -OCH3 is 1. The van der Waals surface area contributed by atoms with Crippen molar-refractivity contribution in [2.45, 2.75) is 37.2 Å². The van der Waals surface area contributed by atoms with Gasteiger partial charge in [-0.15, -0.1) is 0 Å². The molecule has 1 saturated heterocycles. The fraction of sp³-hybridized carbons (Fsp3) is 0.462. The zero-order chi connectivity index (χ0) is 23.2. The number of ether oxygens (including phenoxy) is 1. The molecular formula is C26H34N4O2S. The van der Waals surface area contributed by atoms with Gasteiger partial charge in [-0.05, 0) is 61.1 Å². The molecular weight excluding hydrogens is 432 g/mol. The maximum Gasteiger partial charge on any atom is 0.124 e. The molecule has 0 bridgehead atoms. The monoisotopic (exact) mass is 466 g/mol. The molecule has 2 heterocycles. The molecule has 2 atom stereocenters. The van der Waals surface area contributed by atoms with E-state index in [4.69, 9.17) is 9.52 Å². The lowest BCUT2D eigenvalue weighted by Crippen LogP contribution is -2.48. The number of nitrogens with one attached hydrogen (secondary N) is 2. The summed E-state index contributed by atoms with van der Waals surface area (Å²) in [7, 11) is -0.952. The number of aromatic nitrogens is 1.